The van der Waals surface area contributed by atoms with E-state index in [9.17, 15) is 27.6 Å². The van der Waals surface area contributed by atoms with Crippen LogP contribution < -0.4 is 0 Å². The molecule has 8 heteroatoms. The number of carbonyl (C=O) groups is 3. The summed E-state index contributed by atoms with van der Waals surface area (Å²) in [7, 11) is 0. The number of carboxylic acids is 1. The van der Waals surface area contributed by atoms with E-state index in [1.54, 1.807) is 0 Å². The van der Waals surface area contributed by atoms with Gasteiger partial charge < -0.3 is 10.2 Å². The van der Waals surface area contributed by atoms with E-state index in [-0.39, 0.29) is 6.08 Å². The second-order valence-corrected chi connectivity index (χ2v) is 3.94. The third-order valence-corrected chi connectivity index (χ3v) is 2.38. The first-order valence-electron chi connectivity index (χ1n) is 5.49. The lowest BCUT2D eigenvalue weighted by Gasteiger charge is -2.11. The molecule has 1 aromatic carbocycles. The first kappa shape index (κ1) is 16.4. The van der Waals surface area contributed by atoms with Crippen molar-refractivity contribution >= 4 is 17.5 Å². The maximum Gasteiger partial charge on any atom is 0.417 e. The number of alkyl halides is 3. The van der Waals surface area contributed by atoms with Crippen molar-refractivity contribution in [1.82, 2.24) is 0 Å². The summed E-state index contributed by atoms with van der Waals surface area (Å²) in [4.78, 5) is 33.3. The summed E-state index contributed by atoms with van der Waals surface area (Å²) in [6, 6.07) is 3.91. The second kappa shape index (κ2) is 6.21. The molecule has 0 bridgehead atoms. The predicted octanol–water partition coefficient (Wildman–Crippen LogP) is 2.37. The molecule has 0 aromatic heterocycles. The Morgan fingerprint density at radius 3 is 2.19 bits per heavy atom. The molecule has 112 valence electrons. The van der Waals surface area contributed by atoms with Crippen LogP contribution in [0, 0.1) is 0 Å². The number of halogens is 3. The van der Waals surface area contributed by atoms with Gasteiger partial charge in [-0.2, -0.15) is 13.2 Å². The van der Waals surface area contributed by atoms with E-state index in [0.717, 1.165) is 12.1 Å². The van der Waals surface area contributed by atoms with Gasteiger partial charge in [-0.15, -0.1) is 0 Å². The lowest BCUT2D eigenvalue weighted by atomic mass is 9.99. The number of ketones is 2. The Hall–Kier alpha value is -2.64. The van der Waals surface area contributed by atoms with Crippen molar-refractivity contribution < 1.29 is 37.8 Å². The minimum absolute atomic E-state index is 0.274. The highest BCUT2D eigenvalue weighted by molar-refractivity contribution is 6.13. The van der Waals surface area contributed by atoms with Gasteiger partial charge in [-0.3, -0.25) is 9.59 Å². The van der Waals surface area contributed by atoms with Crippen LogP contribution >= 0.6 is 0 Å². The van der Waals surface area contributed by atoms with Crippen molar-refractivity contribution in [3.8, 4) is 0 Å². The number of carboxylic acid groups (broad SMARTS) is 1. The van der Waals surface area contributed by atoms with Crippen LogP contribution in [-0.2, 0) is 15.8 Å². The van der Waals surface area contributed by atoms with E-state index < -0.39 is 47.0 Å². The normalized spacial score (nSPS) is 12.0. The number of allylic oxidation sites excluding steroid dienone is 1. The smallest absolute Gasteiger partial charge is 0.417 e. The minimum atomic E-state index is -4.76. The maximum atomic E-state index is 12.7. The summed E-state index contributed by atoms with van der Waals surface area (Å²) < 4.78 is 38.1. The third kappa shape index (κ3) is 4.44. The average Bonchev–Trinajstić information content (AvgIpc) is 2.37. The number of benzene rings is 1. The van der Waals surface area contributed by atoms with E-state index in [2.05, 4.69) is 0 Å². The number of aliphatic carboxylic acids is 1. The van der Waals surface area contributed by atoms with Crippen LogP contribution in [0.3, 0.4) is 0 Å². The number of carbonyl (C=O) groups excluding carboxylic acids is 2. The van der Waals surface area contributed by atoms with Gasteiger partial charge in [0, 0.05) is 11.6 Å². The number of hydrogen-bond donors (Lipinski definition) is 2. The van der Waals surface area contributed by atoms with Gasteiger partial charge in [-0.05, 0) is 6.07 Å². The first-order chi connectivity index (χ1) is 9.62. The third-order valence-electron chi connectivity index (χ3n) is 2.38. The van der Waals surface area contributed by atoms with Crippen LogP contribution in [0.15, 0.2) is 36.1 Å². The molecule has 0 spiro atoms. The van der Waals surface area contributed by atoms with Crippen molar-refractivity contribution in [3.63, 3.8) is 0 Å². The van der Waals surface area contributed by atoms with Crippen molar-refractivity contribution in [3.05, 3.63) is 47.2 Å². The highest BCUT2D eigenvalue weighted by Crippen LogP contribution is 2.32. The number of rotatable bonds is 5. The van der Waals surface area contributed by atoms with Crippen molar-refractivity contribution in [2.45, 2.75) is 12.6 Å². The van der Waals surface area contributed by atoms with Crippen LogP contribution in [-0.4, -0.2) is 27.7 Å². The number of aliphatic hydroxyl groups is 1. The fraction of sp³-hybridized carbons (Fsp3) is 0.154. The van der Waals surface area contributed by atoms with Crippen molar-refractivity contribution in [2.24, 2.45) is 0 Å². The van der Waals surface area contributed by atoms with Crippen LogP contribution in [0.1, 0.15) is 22.3 Å². The fourth-order valence-corrected chi connectivity index (χ4v) is 1.49. The molecule has 2 N–H and O–H groups in total. The number of Topliss-reactive ketones (excluding diaryl/α,β-unsaturated/α-hetero) is 1. The lowest BCUT2D eigenvalue weighted by molar-refractivity contribution is -0.138. The van der Waals surface area contributed by atoms with Crippen LogP contribution in [0.4, 0.5) is 13.2 Å². The van der Waals surface area contributed by atoms with E-state index in [1.807, 2.05) is 0 Å². The summed E-state index contributed by atoms with van der Waals surface area (Å²) in [6.45, 7) is 0. The largest absolute Gasteiger partial charge is 0.502 e. The Labute approximate surface area is 116 Å². The molecule has 1 aromatic rings. The van der Waals surface area contributed by atoms with Crippen LogP contribution in [0.5, 0.6) is 0 Å². The van der Waals surface area contributed by atoms with Gasteiger partial charge in [-0.1, -0.05) is 18.2 Å². The van der Waals surface area contributed by atoms with Gasteiger partial charge in [0.05, 0.1) is 12.0 Å². The summed E-state index contributed by atoms with van der Waals surface area (Å²) in [5.74, 6) is -5.32. The predicted molar refractivity (Wildman–Crippen MR) is 63.7 cm³/mol. The van der Waals surface area contributed by atoms with Gasteiger partial charge >= 0.3 is 12.1 Å². The molecule has 21 heavy (non-hydrogen) atoms. The van der Waals surface area contributed by atoms with Crippen molar-refractivity contribution in [1.29, 1.82) is 0 Å². The monoisotopic (exact) mass is 302 g/mol. The van der Waals surface area contributed by atoms with Gasteiger partial charge in [0.15, 0.2) is 11.6 Å². The van der Waals surface area contributed by atoms with Gasteiger partial charge in [0.2, 0.25) is 5.76 Å². The molecule has 0 atom stereocenters. The molecular weight excluding hydrogens is 293 g/mol. The lowest BCUT2D eigenvalue weighted by Crippen LogP contribution is -2.15. The number of aliphatic hydroxyl groups excluding tert-OH is 1. The molecule has 0 aliphatic carbocycles. The molecule has 1 rings (SSSR count). The fourth-order valence-electron chi connectivity index (χ4n) is 1.49. The Kier molecular flexibility index (Phi) is 4.85. The van der Waals surface area contributed by atoms with E-state index >= 15 is 0 Å². The van der Waals surface area contributed by atoms with E-state index in [0.29, 0.717) is 6.07 Å². The highest BCUT2D eigenvalue weighted by Gasteiger charge is 2.34. The zero-order valence-electron chi connectivity index (χ0n) is 10.3. The summed E-state index contributed by atoms with van der Waals surface area (Å²) in [6.07, 6.45) is -5.46. The van der Waals surface area contributed by atoms with Crippen LogP contribution in [0.2, 0.25) is 0 Å². The quantitative estimate of drug-likeness (QED) is 0.377. The summed E-state index contributed by atoms with van der Waals surface area (Å²) in [5.41, 5.74) is -1.88. The molecule has 0 heterocycles. The zero-order valence-corrected chi connectivity index (χ0v) is 10.3. The van der Waals surface area contributed by atoms with Crippen molar-refractivity contribution in [2.75, 3.05) is 0 Å². The molecule has 0 amide bonds. The Morgan fingerprint density at radius 2 is 1.67 bits per heavy atom. The Bertz CT molecular complexity index is 616. The standard InChI is InChI=1S/C13H9F3O5/c14-13(15,16)9-4-2-1-3-8(9)10(18)5-7(17)6-11(19)12(20)21/h1-4,6,19H,5H2,(H,20,21). The molecule has 0 saturated carbocycles. The summed E-state index contributed by atoms with van der Waals surface area (Å²) in [5, 5.41) is 17.1. The van der Waals surface area contributed by atoms with E-state index in [4.69, 9.17) is 10.2 Å². The van der Waals surface area contributed by atoms with Gasteiger partial charge in [0.25, 0.3) is 0 Å². The average molecular weight is 302 g/mol. The molecule has 0 saturated heterocycles. The SMILES string of the molecule is O=C(C=C(O)C(=O)O)CC(=O)c1ccccc1C(F)(F)F. The molecule has 5 nitrogen and oxygen atoms in total. The van der Waals surface area contributed by atoms with Crippen LogP contribution in [0.25, 0.3) is 0 Å². The molecule has 0 aliphatic rings. The first-order valence-corrected chi connectivity index (χ1v) is 5.49. The van der Waals surface area contributed by atoms with Gasteiger partial charge in [-0.25, -0.2) is 4.79 Å². The highest BCUT2D eigenvalue weighted by atomic mass is 19.4. The summed E-state index contributed by atoms with van der Waals surface area (Å²) >= 11 is 0. The maximum absolute atomic E-state index is 12.7. The molecule has 0 unspecified atom stereocenters. The molecule has 0 radical (unpaired) electrons. The zero-order chi connectivity index (χ0) is 16.2. The number of hydrogen-bond acceptors (Lipinski definition) is 4. The topological polar surface area (TPSA) is 91.7 Å². The minimum Gasteiger partial charge on any atom is -0.502 e. The molecular formula is C13H9F3O5. The van der Waals surface area contributed by atoms with E-state index in [1.165, 1.54) is 6.07 Å². The molecule has 0 aliphatic heterocycles. The molecule has 0 fully saturated rings. The second-order valence-electron chi connectivity index (χ2n) is 3.94. The van der Waals surface area contributed by atoms with Gasteiger partial charge in [0.1, 0.15) is 0 Å². The Morgan fingerprint density at radius 1 is 1.10 bits per heavy atom. The Balaban J connectivity index is 2.99.